The minimum absolute atomic E-state index is 0.136. The zero-order valence-electron chi connectivity index (χ0n) is 9.51. The summed E-state index contributed by atoms with van der Waals surface area (Å²) in [6, 6.07) is 0. The molecule has 0 saturated heterocycles. The molecular formula is C11H19NO3. The van der Waals surface area contributed by atoms with Gasteiger partial charge in [0.2, 0.25) is 5.91 Å². The summed E-state index contributed by atoms with van der Waals surface area (Å²) < 4.78 is 4.77. The number of likely N-dealkylation sites (N-methyl/N-ethyl adjacent to an activating group) is 1. The topological polar surface area (TPSA) is 49.8 Å². The van der Waals surface area contributed by atoms with Crippen molar-refractivity contribution in [1.82, 2.24) is 4.90 Å². The van der Waals surface area contributed by atoms with E-state index in [9.17, 15) is 9.90 Å². The number of aliphatic hydroxyl groups is 1. The maximum Gasteiger partial charge on any atom is 0.246 e. The van der Waals surface area contributed by atoms with Gasteiger partial charge >= 0.3 is 0 Å². The molecule has 0 fully saturated rings. The van der Waals surface area contributed by atoms with Gasteiger partial charge in [0.1, 0.15) is 0 Å². The van der Waals surface area contributed by atoms with E-state index in [0.717, 1.165) is 0 Å². The summed E-state index contributed by atoms with van der Waals surface area (Å²) in [5.41, 5.74) is 0. The van der Waals surface area contributed by atoms with Crippen LogP contribution < -0.4 is 0 Å². The first kappa shape index (κ1) is 13.9. The third-order valence-corrected chi connectivity index (χ3v) is 1.76. The van der Waals surface area contributed by atoms with Crippen molar-refractivity contribution in [3.05, 3.63) is 24.3 Å². The van der Waals surface area contributed by atoms with Crippen LogP contribution in [0.25, 0.3) is 0 Å². The van der Waals surface area contributed by atoms with Crippen LogP contribution in [0.15, 0.2) is 24.3 Å². The van der Waals surface area contributed by atoms with Crippen LogP contribution >= 0.6 is 0 Å². The molecule has 0 radical (unpaired) electrons. The van der Waals surface area contributed by atoms with Gasteiger partial charge in [-0.3, -0.25) is 4.79 Å². The third kappa shape index (κ3) is 6.88. The Bertz CT molecular complexity index is 236. The number of amides is 1. The van der Waals surface area contributed by atoms with Gasteiger partial charge in [0.25, 0.3) is 0 Å². The average molecular weight is 213 g/mol. The molecule has 0 bridgehead atoms. The van der Waals surface area contributed by atoms with Crippen molar-refractivity contribution in [1.29, 1.82) is 0 Å². The highest BCUT2D eigenvalue weighted by Crippen LogP contribution is 1.93. The van der Waals surface area contributed by atoms with Crippen molar-refractivity contribution in [3.8, 4) is 0 Å². The molecule has 0 saturated carbocycles. The van der Waals surface area contributed by atoms with Crippen molar-refractivity contribution in [2.75, 3.05) is 27.3 Å². The number of carbonyl (C=O) groups is 1. The first-order valence-corrected chi connectivity index (χ1v) is 4.83. The van der Waals surface area contributed by atoms with Gasteiger partial charge in [-0.2, -0.15) is 0 Å². The van der Waals surface area contributed by atoms with E-state index in [4.69, 9.17) is 4.74 Å². The van der Waals surface area contributed by atoms with Gasteiger partial charge in [-0.05, 0) is 6.92 Å². The lowest BCUT2D eigenvalue weighted by atomic mass is 10.3. The molecule has 0 rings (SSSR count). The predicted molar refractivity (Wildman–Crippen MR) is 59.5 cm³/mol. The summed E-state index contributed by atoms with van der Waals surface area (Å²) in [6.07, 6.45) is 6.10. The number of rotatable bonds is 6. The quantitative estimate of drug-likeness (QED) is 0.519. The highest BCUT2D eigenvalue weighted by Gasteiger charge is 2.10. The summed E-state index contributed by atoms with van der Waals surface area (Å²) in [7, 11) is 3.15. The lowest BCUT2D eigenvalue weighted by Gasteiger charge is -2.18. The molecule has 15 heavy (non-hydrogen) atoms. The lowest BCUT2D eigenvalue weighted by Crippen LogP contribution is -2.35. The van der Waals surface area contributed by atoms with E-state index in [-0.39, 0.29) is 19.1 Å². The van der Waals surface area contributed by atoms with Gasteiger partial charge in [-0.15, -0.1) is 0 Å². The summed E-state index contributed by atoms with van der Waals surface area (Å²) >= 11 is 0. The van der Waals surface area contributed by atoms with Crippen molar-refractivity contribution in [2.45, 2.75) is 13.0 Å². The second kappa shape index (κ2) is 8.20. The Hall–Kier alpha value is -1.13. The standard InChI is InChI=1S/C11H19NO3/c1-4-5-6-7-11(14)12(2)8-10(13)9-15-3/h4-7,10,13H,8-9H2,1-3H3. The molecule has 0 aliphatic heterocycles. The van der Waals surface area contributed by atoms with E-state index in [0.29, 0.717) is 0 Å². The van der Waals surface area contributed by atoms with Crippen molar-refractivity contribution in [2.24, 2.45) is 0 Å². The molecular weight excluding hydrogens is 194 g/mol. The van der Waals surface area contributed by atoms with E-state index >= 15 is 0 Å². The van der Waals surface area contributed by atoms with Gasteiger partial charge in [0.05, 0.1) is 12.7 Å². The van der Waals surface area contributed by atoms with Crippen LogP contribution in [-0.2, 0) is 9.53 Å². The van der Waals surface area contributed by atoms with Crippen LogP contribution in [0.2, 0.25) is 0 Å². The molecule has 0 heterocycles. The number of nitrogens with zero attached hydrogens (tertiary/aromatic N) is 1. The fraction of sp³-hybridized carbons (Fsp3) is 0.545. The normalized spacial score (nSPS) is 13.6. The van der Waals surface area contributed by atoms with E-state index in [2.05, 4.69) is 0 Å². The van der Waals surface area contributed by atoms with Crippen molar-refractivity contribution < 1.29 is 14.6 Å². The molecule has 0 aromatic rings. The second-order valence-corrected chi connectivity index (χ2v) is 3.21. The number of carbonyl (C=O) groups excluding carboxylic acids is 1. The van der Waals surface area contributed by atoms with E-state index in [1.54, 1.807) is 19.2 Å². The zero-order valence-corrected chi connectivity index (χ0v) is 9.51. The SMILES string of the molecule is CC=CC=CC(=O)N(C)CC(O)COC. The second-order valence-electron chi connectivity index (χ2n) is 3.21. The smallest absolute Gasteiger partial charge is 0.246 e. The Morgan fingerprint density at radius 1 is 1.53 bits per heavy atom. The first-order valence-electron chi connectivity index (χ1n) is 4.83. The van der Waals surface area contributed by atoms with Crippen LogP contribution in [-0.4, -0.2) is 49.3 Å². The number of methoxy groups -OCH3 is 1. The molecule has 1 N–H and O–H groups in total. The number of hydrogen-bond acceptors (Lipinski definition) is 3. The average Bonchev–Trinajstić information content (AvgIpc) is 2.18. The van der Waals surface area contributed by atoms with Gasteiger partial charge in [0, 0.05) is 26.8 Å². The maximum atomic E-state index is 11.4. The Balaban J connectivity index is 3.98. The number of ether oxygens (including phenoxy) is 1. The minimum Gasteiger partial charge on any atom is -0.389 e. The lowest BCUT2D eigenvalue weighted by molar-refractivity contribution is -0.126. The first-order chi connectivity index (χ1) is 7.11. The monoisotopic (exact) mass is 213 g/mol. The molecule has 1 unspecified atom stereocenters. The maximum absolute atomic E-state index is 11.4. The van der Waals surface area contributed by atoms with Crippen LogP contribution in [0, 0.1) is 0 Å². The van der Waals surface area contributed by atoms with Crippen LogP contribution in [0.1, 0.15) is 6.92 Å². The summed E-state index contributed by atoms with van der Waals surface area (Å²) in [4.78, 5) is 12.9. The number of hydrogen-bond donors (Lipinski definition) is 1. The van der Waals surface area contributed by atoms with Crippen molar-refractivity contribution >= 4 is 5.91 Å². The Labute approximate surface area is 90.8 Å². The van der Waals surface area contributed by atoms with E-state index < -0.39 is 6.10 Å². The van der Waals surface area contributed by atoms with E-state index in [1.165, 1.54) is 18.1 Å². The highest BCUT2D eigenvalue weighted by atomic mass is 16.5. The molecule has 0 aliphatic rings. The van der Waals surface area contributed by atoms with Crippen LogP contribution in [0.4, 0.5) is 0 Å². The highest BCUT2D eigenvalue weighted by molar-refractivity contribution is 5.87. The molecule has 86 valence electrons. The largest absolute Gasteiger partial charge is 0.389 e. The fourth-order valence-electron chi connectivity index (χ4n) is 1.03. The molecule has 0 spiro atoms. The summed E-state index contributed by atoms with van der Waals surface area (Å²) in [5, 5.41) is 9.38. The van der Waals surface area contributed by atoms with Gasteiger partial charge in [-0.1, -0.05) is 18.2 Å². The van der Waals surface area contributed by atoms with Gasteiger partial charge in [-0.25, -0.2) is 0 Å². The zero-order chi connectivity index (χ0) is 11.7. The van der Waals surface area contributed by atoms with Gasteiger partial charge < -0.3 is 14.7 Å². The number of aliphatic hydroxyl groups excluding tert-OH is 1. The molecule has 4 heteroatoms. The molecule has 1 atom stereocenters. The van der Waals surface area contributed by atoms with Crippen LogP contribution in [0.3, 0.4) is 0 Å². The molecule has 0 aromatic heterocycles. The molecule has 4 nitrogen and oxygen atoms in total. The molecule has 1 amide bonds. The fourth-order valence-corrected chi connectivity index (χ4v) is 1.03. The van der Waals surface area contributed by atoms with Crippen LogP contribution in [0.5, 0.6) is 0 Å². The Kier molecular flexibility index (Phi) is 7.58. The van der Waals surface area contributed by atoms with Crippen molar-refractivity contribution in [3.63, 3.8) is 0 Å². The summed E-state index contributed by atoms with van der Waals surface area (Å²) in [5.74, 6) is -0.136. The Morgan fingerprint density at radius 3 is 2.73 bits per heavy atom. The summed E-state index contributed by atoms with van der Waals surface area (Å²) in [6.45, 7) is 2.38. The predicted octanol–water partition coefficient (Wildman–Crippen LogP) is 0.584. The minimum atomic E-state index is -0.640. The molecule has 0 aromatic carbocycles. The Morgan fingerprint density at radius 2 is 2.20 bits per heavy atom. The van der Waals surface area contributed by atoms with E-state index in [1.807, 2.05) is 13.0 Å². The number of allylic oxidation sites excluding steroid dienone is 3. The molecule has 0 aliphatic carbocycles. The third-order valence-electron chi connectivity index (χ3n) is 1.76. The van der Waals surface area contributed by atoms with Gasteiger partial charge in [0.15, 0.2) is 0 Å².